The Morgan fingerprint density at radius 2 is 1.56 bits per heavy atom. The summed E-state index contributed by atoms with van der Waals surface area (Å²) in [5.74, 6) is -7.11. The molecule has 6 bridgehead atoms. The van der Waals surface area contributed by atoms with Gasteiger partial charge in [-0.15, -0.1) is 0 Å². The highest BCUT2D eigenvalue weighted by atomic mass is 16.7. The smallest absolute Gasteiger partial charge is 0.330 e. The molecule has 4 aliphatic rings. The molecule has 0 aromatic heterocycles. The van der Waals surface area contributed by atoms with E-state index in [0.29, 0.717) is 12.8 Å². The number of hydrogen-bond acceptors (Lipinski definition) is 15. The van der Waals surface area contributed by atoms with Crippen molar-refractivity contribution < 1.29 is 72.8 Å². The van der Waals surface area contributed by atoms with Crippen LogP contribution in [-0.4, -0.2) is 118 Å². The van der Waals surface area contributed by atoms with Crippen molar-refractivity contribution in [2.24, 2.45) is 16.2 Å². The van der Waals surface area contributed by atoms with Crippen LogP contribution in [0.5, 0.6) is 0 Å². The minimum Gasteiger partial charge on any atom is -0.466 e. The molecule has 4 heterocycles. The van der Waals surface area contributed by atoms with E-state index in [1.165, 1.54) is 14.0 Å². The Labute approximate surface area is 317 Å². The third-order valence-electron chi connectivity index (χ3n) is 11.3. The second-order valence-corrected chi connectivity index (χ2v) is 17.2. The van der Waals surface area contributed by atoms with Crippen molar-refractivity contribution in [3.05, 3.63) is 23.8 Å². The van der Waals surface area contributed by atoms with Crippen molar-refractivity contribution in [3.8, 4) is 0 Å². The summed E-state index contributed by atoms with van der Waals surface area (Å²) in [6, 6.07) is 0. The molecule has 0 aromatic carbocycles. The highest BCUT2D eigenvalue weighted by Crippen LogP contribution is 2.51. The lowest BCUT2D eigenvalue weighted by Gasteiger charge is -2.54. The van der Waals surface area contributed by atoms with Gasteiger partial charge in [-0.25, -0.2) is 4.79 Å². The molecule has 0 aromatic rings. The zero-order chi connectivity index (χ0) is 40.4. The van der Waals surface area contributed by atoms with E-state index in [2.05, 4.69) is 13.8 Å². The van der Waals surface area contributed by atoms with Gasteiger partial charge in [-0.3, -0.25) is 14.4 Å². The maximum atomic E-state index is 13.1. The van der Waals surface area contributed by atoms with Crippen molar-refractivity contribution in [2.75, 3.05) is 13.7 Å². The Balaban J connectivity index is 1.82. The summed E-state index contributed by atoms with van der Waals surface area (Å²) < 4.78 is 41.1. The van der Waals surface area contributed by atoms with Crippen LogP contribution >= 0.6 is 0 Å². The largest absolute Gasteiger partial charge is 0.466 e. The van der Waals surface area contributed by atoms with E-state index in [4.69, 9.17) is 33.2 Å². The Morgan fingerprint density at radius 3 is 2.17 bits per heavy atom. The van der Waals surface area contributed by atoms with Crippen molar-refractivity contribution in [1.29, 1.82) is 0 Å². The molecule has 0 unspecified atom stereocenters. The molecule has 4 rings (SSSR count). The maximum absolute atomic E-state index is 13.1. The predicted molar refractivity (Wildman–Crippen MR) is 190 cm³/mol. The monoisotopic (exact) mass is 768 g/mol. The summed E-state index contributed by atoms with van der Waals surface area (Å²) >= 11 is 0. The number of ether oxygens (including phenoxy) is 7. The fraction of sp³-hybridized carbons (Fsp3) is 0.795. The molecule has 0 aliphatic carbocycles. The van der Waals surface area contributed by atoms with Gasteiger partial charge in [0.05, 0.1) is 56.1 Å². The summed E-state index contributed by atoms with van der Waals surface area (Å²) in [4.78, 5) is 50.3. The first-order valence-corrected chi connectivity index (χ1v) is 18.7. The highest BCUT2D eigenvalue weighted by Gasteiger charge is 2.59. The molecule has 306 valence electrons. The lowest BCUT2D eigenvalue weighted by atomic mass is 9.69. The first-order chi connectivity index (χ1) is 24.9. The molecule has 0 spiro atoms. The molecule has 4 aliphatic heterocycles. The van der Waals surface area contributed by atoms with Gasteiger partial charge < -0.3 is 53.6 Å². The first kappa shape index (κ1) is 43.8. The van der Waals surface area contributed by atoms with Crippen molar-refractivity contribution in [1.82, 2.24) is 0 Å². The first-order valence-electron chi connectivity index (χ1n) is 18.7. The highest BCUT2D eigenvalue weighted by molar-refractivity contribution is 5.83. The number of aliphatic hydroxyl groups is 4. The number of carbonyl (C=O) groups is 4. The predicted octanol–water partition coefficient (Wildman–Crippen LogP) is 2.93. The van der Waals surface area contributed by atoms with Crippen LogP contribution in [0.4, 0.5) is 0 Å². The minimum atomic E-state index is -2.31. The van der Waals surface area contributed by atoms with Gasteiger partial charge in [-0.2, -0.15) is 0 Å². The molecular formula is C39H60O15. The number of esters is 4. The molecule has 0 radical (unpaired) electrons. The molecule has 3 saturated heterocycles. The summed E-state index contributed by atoms with van der Waals surface area (Å²) in [7, 11) is 1.18. The average molecular weight is 769 g/mol. The number of methoxy groups -OCH3 is 1. The number of rotatable bonds is 4. The SMILES string of the molecule is COC(=O)/C=C1\C[C@H]2C[C@H](CO)OC(=O)C[C@H](O)C[C@@H]3C[C@H](OC(C)=O)C(C)(C)[C@](O)(C[C@@H]4CC(C)(C)C[C@H](/C=C/C(C)(C)[C@](O)(O2)[C@H]1OC(C)=O)O4)O3. The number of fused-ring (bicyclic) bond motifs is 6. The summed E-state index contributed by atoms with van der Waals surface area (Å²) in [6.07, 6.45) is -2.58. The second-order valence-electron chi connectivity index (χ2n) is 17.2. The molecule has 15 heteroatoms. The fourth-order valence-corrected chi connectivity index (χ4v) is 8.24. The normalized spacial score (nSPS) is 39.6. The van der Waals surface area contributed by atoms with Crippen LogP contribution in [0.15, 0.2) is 23.8 Å². The summed E-state index contributed by atoms with van der Waals surface area (Å²) in [5, 5.41) is 46.2. The lowest BCUT2D eigenvalue weighted by Crippen LogP contribution is -2.62. The van der Waals surface area contributed by atoms with Crippen LogP contribution in [0.1, 0.15) is 107 Å². The molecule has 10 atom stereocenters. The van der Waals surface area contributed by atoms with E-state index in [1.54, 1.807) is 39.8 Å². The van der Waals surface area contributed by atoms with Gasteiger partial charge in [0.15, 0.2) is 11.9 Å². The number of aliphatic hydroxyl groups excluding tert-OH is 2. The van der Waals surface area contributed by atoms with E-state index in [9.17, 15) is 39.6 Å². The van der Waals surface area contributed by atoms with E-state index >= 15 is 0 Å². The molecule has 15 nitrogen and oxygen atoms in total. The van der Waals surface area contributed by atoms with Gasteiger partial charge in [-0.1, -0.05) is 53.7 Å². The number of carbonyl (C=O) groups excluding carboxylic acids is 4. The summed E-state index contributed by atoms with van der Waals surface area (Å²) in [6.45, 7) is 12.8. The zero-order valence-corrected chi connectivity index (χ0v) is 33.0. The van der Waals surface area contributed by atoms with Gasteiger partial charge in [0, 0.05) is 51.0 Å². The van der Waals surface area contributed by atoms with E-state index in [0.717, 1.165) is 13.0 Å². The van der Waals surface area contributed by atoms with E-state index < -0.39 is 108 Å². The second kappa shape index (κ2) is 16.7. The van der Waals surface area contributed by atoms with Gasteiger partial charge in [-0.05, 0) is 30.3 Å². The van der Waals surface area contributed by atoms with Gasteiger partial charge in [0.2, 0.25) is 5.79 Å². The topological polar surface area (TPSA) is 214 Å². The minimum absolute atomic E-state index is 0.0211. The number of cyclic esters (lactones) is 1. The van der Waals surface area contributed by atoms with Crippen molar-refractivity contribution in [2.45, 2.75) is 167 Å². The Kier molecular flexibility index (Phi) is 13.5. The van der Waals surface area contributed by atoms with E-state index in [-0.39, 0.29) is 43.1 Å². The van der Waals surface area contributed by atoms with Gasteiger partial charge in [0.1, 0.15) is 12.2 Å². The quantitative estimate of drug-likeness (QED) is 0.140. The van der Waals surface area contributed by atoms with Crippen LogP contribution in [0.2, 0.25) is 0 Å². The third-order valence-corrected chi connectivity index (χ3v) is 11.3. The van der Waals surface area contributed by atoms with Crippen LogP contribution in [-0.2, 0) is 52.3 Å². The van der Waals surface area contributed by atoms with Crippen LogP contribution in [0.3, 0.4) is 0 Å². The van der Waals surface area contributed by atoms with Gasteiger partial charge >= 0.3 is 23.9 Å². The molecule has 0 amide bonds. The maximum Gasteiger partial charge on any atom is 0.330 e. The van der Waals surface area contributed by atoms with Crippen LogP contribution in [0, 0.1) is 16.2 Å². The Morgan fingerprint density at radius 1 is 0.889 bits per heavy atom. The molecular weight excluding hydrogens is 708 g/mol. The third kappa shape index (κ3) is 10.1. The Bertz CT molecular complexity index is 1450. The van der Waals surface area contributed by atoms with Crippen LogP contribution in [0.25, 0.3) is 0 Å². The molecule has 3 fully saturated rings. The molecule has 0 saturated carbocycles. The summed E-state index contributed by atoms with van der Waals surface area (Å²) in [5.41, 5.74) is -2.59. The lowest BCUT2D eigenvalue weighted by molar-refractivity contribution is -0.350. The molecule has 54 heavy (non-hydrogen) atoms. The Hall–Kier alpha value is -2.92. The van der Waals surface area contributed by atoms with Crippen LogP contribution < -0.4 is 0 Å². The average Bonchev–Trinajstić information content (AvgIpc) is 3.02. The number of hydrogen-bond donors (Lipinski definition) is 4. The van der Waals surface area contributed by atoms with E-state index in [1.807, 2.05) is 0 Å². The molecule has 4 N–H and O–H groups in total. The van der Waals surface area contributed by atoms with Gasteiger partial charge in [0.25, 0.3) is 0 Å². The fourth-order valence-electron chi connectivity index (χ4n) is 8.24. The van der Waals surface area contributed by atoms with Crippen molar-refractivity contribution in [3.63, 3.8) is 0 Å². The zero-order valence-electron chi connectivity index (χ0n) is 33.0. The standard InChI is InChI=1S/C39H60O15/c1-22(41)49-31-17-28-14-25(43)15-33(45)52-29(21-40)16-27-12-24(13-32(44)48-9)34(50-23(2)42)39(47,54-27)36(5,6)11-10-26-18-35(3,4)19-30(51-26)20-38(46,53-28)37(31,7)8/h10-11,13,25-31,34,40,43,46-47H,12,14-21H2,1-9H3/b11-10+,24-13+/t25-,26+,27+,28-,29-,30+,31+,34+,38+,39-/m1/s1. The van der Waals surface area contributed by atoms with Crippen molar-refractivity contribution >= 4 is 23.9 Å².